The lowest BCUT2D eigenvalue weighted by Crippen LogP contribution is -2.31. The number of piperidine rings is 1. The van der Waals surface area contributed by atoms with Gasteiger partial charge in [0, 0.05) is 42.8 Å². The van der Waals surface area contributed by atoms with Crippen molar-refractivity contribution in [1.29, 1.82) is 0 Å². The first-order valence-electron chi connectivity index (χ1n) is 11.5. The van der Waals surface area contributed by atoms with Gasteiger partial charge in [0.15, 0.2) is 11.5 Å². The second-order valence-corrected chi connectivity index (χ2v) is 9.65. The number of hydrogen-bond donors (Lipinski definition) is 1. The fourth-order valence-corrected chi connectivity index (χ4v) is 5.33. The molecule has 1 unspecified atom stereocenters. The largest absolute Gasteiger partial charge is 0.493 e. The van der Waals surface area contributed by atoms with E-state index in [4.69, 9.17) is 21.1 Å². The van der Waals surface area contributed by atoms with Crippen LogP contribution in [0.5, 0.6) is 11.5 Å². The highest BCUT2D eigenvalue weighted by molar-refractivity contribution is 6.31. The maximum absolute atomic E-state index is 13.5. The summed E-state index contributed by atoms with van der Waals surface area (Å²) in [7, 11) is 5.98. The molecule has 0 radical (unpaired) electrons. The molecule has 0 spiro atoms. The Kier molecular flexibility index (Phi) is 6.46. The predicted molar refractivity (Wildman–Crippen MR) is 132 cm³/mol. The summed E-state index contributed by atoms with van der Waals surface area (Å²) in [5, 5.41) is 4.01. The van der Waals surface area contributed by atoms with Crippen molar-refractivity contribution in [2.24, 2.45) is 11.8 Å². The van der Waals surface area contributed by atoms with Crippen molar-refractivity contribution in [1.82, 2.24) is 19.8 Å². The molecule has 1 aliphatic heterocycles. The van der Waals surface area contributed by atoms with Gasteiger partial charge in [-0.15, -0.1) is 0 Å². The quantitative estimate of drug-likeness (QED) is 0.450. The van der Waals surface area contributed by atoms with Crippen LogP contribution in [0.2, 0.25) is 5.02 Å². The Balaban J connectivity index is 1.24. The molecular formula is C25H29ClFN5O2. The number of hydrogen-bond acceptors (Lipinski definition) is 7. The van der Waals surface area contributed by atoms with Gasteiger partial charge in [-0.2, -0.15) is 0 Å². The lowest BCUT2D eigenvalue weighted by Gasteiger charge is -2.22. The second kappa shape index (κ2) is 9.52. The van der Waals surface area contributed by atoms with Crippen molar-refractivity contribution in [2.45, 2.75) is 12.5 Å². The molecule has 5 rings (SSSR count). The zero-order chi connectivity index (χ0) is 23.8. The van der Waals surface area contributed by atoms with Crippen LogP contribution in [0.4, 0.5) is 15.9 Å². The SMILES string of the molecule is COc1cc2ncnc(Nc3ccc(F)c(Cl)c3)c2cc1OCCCN1C[C@@H]2C(N(C)C)[C@@H]2C1. The van der Waals surface area contributed by atoms with Crippen molar-refractivity contribution in [3.63, 3.8) is 0 Å². The maximum atomic E-state index is 13.5. The van der Waals surface area contributed by atoms with Gasteiger partial charge in [0.1, 0.15) is 18.0 Å². The van der Waals surface area contributed by atoms with Gasteiger partial charge in [-0.05, 0) is 56.6 Å². The van der Waals surface area contributed by atoms with Gasteiger partial charge in [-0.25, -0.2) is 14.4 Å². The Labute approximate surface area is 203 Å². The Bertz CT molecular complexity index is 1180. The van der Waals surface area contributed by atoms with Crippen LogP contribution in [-0.4, -0.2) is 73.3 Å². The van der Waals surface area contributed by atoms with Gasteiger partial charge in [0.25, 0.3) is 0 Å². The number of aromatic nitrogens is 2. The standard InChI is InChI=1S/C25H29ClFN5O2/c1-31(2)24-17-12-32(13-18(17)24)7-4-8-34-23-10-16-21(11-22(23)33-3)28-14-29-25(16)30-15-5-6-20(27)19(26)9-15/h5-6,9-11,14,17-18,24H,4,7-8,12-13H2,1-3H3,(H,28,29,30)/t17-,18+,24?. The molecule has 9 heteroatoms. The average molecular weight is 486 g/mol. The Hall–Kier alpha value is -2.68. The van der Waals surface area contributed by atoms with E-state index in [0.717, 1.165) is 36.2 Å². The molecule has 2 aromatic carbocycles. The molecule has 0 amide bonds. The summed E-state index contributed by atoms with van der Waals surface area (Å²) in [6.07, 6.45) is 2.41. The molecule has 1 saturated carbocycles. The van der Waals surface area contributed by atoms with E-state index in [-0.39, 0.29) is 5.02 Å². The van der Waals surface area contributed by atoms with Crippen LogP contribution < -0.4 is 14.8 Å². The van der Waals surface area contributed by atoms with Gasteiger partial charge in [-0.1, -0.05) is 11.6 Å². The lowest BCUT2D eigenvalue weighted by molar-refractivity contribution is 0.222. The van der Waals surface area contributed by atoms with Crippen LogP contribution in [0.25, 0.3) is 10.9 Å². The van der Waals surface area contributed by atoms with Crippen molar-refractivity contribution < 1.29 is 13.9 Å². The molecule has 0 bridgehead atoms. The summed E-state index contributed by atoms with van der Waals surface area (Å²) >= 11 is 5.92. The highest BCUT2D eigenvalue weighted by Crippen LogP contribution is 2.47. The van der Waals surface area contributed by atoms with E-state index in [1.807, 2.05) is 12.1 Å². The third-order valence-electron chi connectivity index (χ3n) is 6.80. The smallest absolute Gasteiger partial charge is 0.162 e. The maximum Gasteiger partial charge on any atom is 0.162 e. The minimum absolute atomic E-state index is 0.0431. The molecule has 7 nitrogen and oxygen atoms in total. The van der Waals surface area contributed by atoms with Crippen molar-refractivity contribution in [3.05, 3.63) is 47.5 Å². The molecular weight excluding hydrogens is 457 g/mol. The fourth-order valence-electron chi connectivity index (χ4n) is 5.15. The van der Waals surface area contributed by atoms with Gasteiger partial charge in [0.05, 0.1) is 24.3 Å². The van der Waals surface area contributed by atoms with Crippen LogP contribution in [0.1, 0.15) is 6.42 Å². The highest BCUT2D eigenvalue weighted by Gasteiger charge is 2.56. The van der Waals surface area contributed by atoms with E-state index in [1.165, 1.54) is 31.5 Å². The Morgan fingerprint density at radius 1 is 1.15 bits per heavy atom. The minimum Gasteiger partial charge on any atom is -0.493 e. The van der Waals surface area contributed by atoms with Gasteiger partial charge in [0.2, 0.25) is 0 Å². The zero-order valence-electron chi connectivity index (χ0n) is 19.6. The molecule has 1 saturated heterocycles. The Morgan fingerprint density at radius 2 is 1.94 bits per heavy atom. The molecule has 2 fully saturated rings. The van der Waals surface area contributed by atoms with E-state index in [9.17, 15) is 4.39 Å². The van der Waals surface area contributed by atoms with Gasteiger partial charge < -0.3 is 24.6 Å². The van der Waals surface area contributed by atoms with E-state index >= 15 is 0 Å². The predicted octanol–water partition coefficient (Wildman–Crippen LogP) is 4.44. The normalized spacial score (nSPS) is 21.6. The molecule has 1 aliphatic carbocycles. The average Bonchev–Trinajstić information content (AvgIpc) is 3.34. The van der Waals surface area contributed by atoms with Crippen LogP contribution in [0.3, 0.4) is 0 Å². The van der Waals surface area contributed by atoms with E-state index in [0.29, 0.717) is 35.1 Å². The first kappa shape index (κ1) is 23.1. The first-order valence-corrected chi connectivity index (χ1v) is 11.9. The van der Waals surface area contributed by atoms with E-state index < -0.39 is 5.82 Å². The molecule has 3 atom stereocenters. The van der Waals surface area contributed by atoms with E-state index in [2.05, 4.69) is 39.2 Å². The third kappa shape index (κ3) is 4.62. The first-order chi connectivity index (χ1) is 16.4. The minimum atomic E-state index is -0.469. The summed E-state index contributed by atoms with van der Waals surface area (Å²) in [6.45, 7) is 4.00. The zero-order valence-corrected chi connectivity index (χ0v) is 20.3. The number of methoxy groups -OCH3 is 1. The van der Waals surface area contributed by atoms with Crippen LogP contribution in [0.15, 0.2) is 36.7 Å². The summed E-state index contributed by atoms with van der Waals surface area (Å²) in [5.41, 5.74) is 1.34. The fraction of sp³-hybridized carbons (Fsp3) is 0.440. The molecule has 2 aliphatic rings. The molecule has 2 heterocycles. The Morgan fingerprint density at radius 3 is 2.65 bits per heavy atom. The number of halogens is 2. The van der Waals surface area contributed by atoms with Crippen LogP contribution in [0, 0.1) is 17.7 Å². The van der Waals surface area contributed by atoms with Crippen molar-refractivity contribution in [2.75, 3.05) is 52.8 Å². The van der Waals surface area contributed by atoms with Crippen molar-refractivity contribution in [3.8, 4) is 11.5 Å². The number of rotatable bonds is 9. The number of anilines is 2. The second-order valence-electron chi connectivity index (χ2n) is 9.24. The van der Waals surface area contributed by atoms with Crippen molar-refractivity contribution >= 4 is 34.0 Å². The number of nitrogens with zero attached hydrogens (tertiary/aromatic N) is 4. The van der Waals surface area contributed by atoms with Gasteiger partial charge >= 0.3 is 0 Å². The number of ether oxygens (including phenoxy) is 2. The summed E-state index contributed by atoms with van der Waals surface area (Å²) < 4.78 is 25.2. The molecule has 1 aromatic heterocycles. The van der Waals surface area contributed by atoms with Gasteiger partial charge in [-0.3, -0.25) is 0 Å². The van der Waals surface area contributed by atoms with Crippen LogP contribution >= 0.6 is 11.6 Å². The monoisotopic (exact) mass is 485 g/mol. The molecule has 1 N–H and O–H groups in total. The number of benzene rings is 2. The van der Waals surface area contributed by atoms with E-state index in [1.54, 1.807) is 13.2 Å². The summed E-state index contributed by atoms with van der Waals surface area (Å²) in [4.78, 5) is 13.6. The summed E-state index contributed by atoms with van der Waals surface area (Å²) in [6, 6.07) is 8.94. The third-order valence-corrected chi connectivity index (χ3v) is 7.09. The number of nitrogens with one attached hydrogen (secondary N) is 1. The summed E-state index contributed by atoms with van der Waals surface area (Å²) in [5.74, 6) is 3.03. The van der Waals surface area contributed by atoms with Crippen LogP contribution in [-0.2, 0) is 0 Å². The number of fused-ring (bicyclic) bond motifs is 2. The molecule has 3 aromatic rings. The topological polar surface area (TPSA) is 62.8 Å². The number of likely N-dealkylation sites (tertiary alicyclic amines) is 1. The molecule has 180 valence electrons. The highest BCUT2D eigenvalue weighted by atomic mass is 35.5. The molecule has 34 heavy (non-hydrogen) atoms. The lowest BCUT2D eigenvalue weighted by atomic mass is 10.2.